The van der Waals surface area contributed by atoms with E-state index in [-0.39, 0.29) is 23.8 Å². The van der Waals surface area contributed by atoms with Crippen LogP contribution < -0.4 is 4.74 Å². The lowest BCUT2D eigenvalue weighted by Gasteiger charge is -2.33. The van der Waals surface area contributed by atoms with Crippen molar-refractivity contribution in [1.82, 2.24) is 9.80 Å². The van der Waals surface area contributed by atoms with Gasteiger partial charge in [-0.2, -0.15) is 0 Å². The second kappa shape index (κ2) is 8.11. The third kappa shape index (κ3) is 4.57. The van der Waals surface area contributed by atoms with E-state index in [0.29, 0.717) is 32.0 Å². The lowest BCUT2D eigenvalue weighted by molar-refractivity contribution is -0.137. The summed E-state index contributed by atoms with van der Waals surface area (Å²) in [6.07, 6.45) is 2.21. The van der Waals surface area contributed by atoms with Crippen LogP contribution in [0.5, 0.6) is 5.75 Å². The summed E-state index contributed by atoms with van der Waals surface area (Å²) in [7, 11) is 0. The molecule has 1 aromatic rings. The summed E-state index contributed by atoms with van der Waals surface area (Å²) in [5.74, 6) is 1.41. The second-order valence-electron chi connectivity index (χ2n) is 8.05. The summed E-state index contributed by atoms with van der Waals surface area (Å²) in [5.41, 5.74) is 1.22. The molecule has 3 rings (SSSR count). The number of carbonyl (C=O) groups is 2. The number of ether oxygens (including phenoxy) is 1. The molecule has 5 heteroatoms. The highest BCUT2D eigenvalue weighted by Gasteiger charge is 2.37. The van der Waals surface area contributed by atoms with Crippen LogP contribution in [-0.2, 0) is 9.59 Å². The smallest absolute Gasteiger partial charge is 0.227 e. The zero-order valence-electron chi connectivity index (χ0n) is 16.1. The van der Waals surface area contributed by atoms with E-state index < -0.39 is 0 Å². The van der Waals surface area contributed by atoms with E-state index in [2.05, 4.69) is 20.8 Å². The molecule has 1 aromatic carbocycles. The van der Waals surface area contributed by atoms with Crippen LogP contribution in [0.1, 0.15) is 38.7 Å². The lowest BCUT2D eigenvalue weighted by Crippen LogP contribution is -2.45. The summed E-state index contributed by atoms with van der Waals surface area (Å²) in [6.45, 7) is 9.01. The van der Waals surface area contributed by atoms with Crippen molar-refractivity contribution in [2.45, 2.75) is 46.1 Å². The number of hydrogen-bond acceptors (Lipinski definition) is 3. The van der Waals surface area contributed by atoms with Gasteiger partial charge in [0.15, 0.2) is 0 Å². The molecule has 2 saturated heterocycles. The van der Waals surface area contributed by atoms with Gasteiger partial charge in [-0.15, -0.1) is 0 Å². The van der Waals surface area contributed by atoms with E-state index in [1.807, 2.05) is 34.1 Å². The van der Waals surface area contributed by atoms with Gasteiger partial charge in [0.1, 0.15) is 11.9 Å². The largest absolute Gasteiger partial charge is 0.490 e. The Kier molecular flexibility index (Phi) is 5.84. The molecule has 1 atom stereocenters. The number of amides is 2. The molecular weight excluding hydrogens is 328 g/mol. The van der Waals surface area contributed by atoms with Gasteiger partial charge in [0.25, 0.3) is 0 Å². The van der Waals surface area contributed by atoms with E-state index in [1.54, 1.807) is 0 Å². The highest BCUT2D eigenvalue weighted by Crippen LogP contribution is 2.24. The van der Waals surface area contributed by atoms with Crippen molar-refractivity contribution in [3.63, 3.8) is 0 Å². The van der Waals surface area contributed by atoms with Crippen molar-refractivity contribution >= 4 is 11.8 Å². The van der Waals surface area contributed by atoms with E-state index >= 15 is 0 Å². The number of hydrogen-bond donors (Lipinski definition) is 0. The summed E-state index contributed by atoms with van der Waals surface area (Å²) < 4.78 is 6.04. The fourth-order valence-corrected chi connectivity index (χ4v) is 3.82. The van der Waals surface area contributed by atoms with Crippen LogP contribution in [0.25, 0.3) is 0 Å². The topological polar surface area (TPSA) is 49.9 Å². The van der Waals surface area contributed by atoms with E-state index in [9.17, 15) is 9.59 Å². The van der Waals surface area contributed by atoms with Gasteiger partial charge in [0.05, 0.1) is 5.92 Å². The maximum atomic E-state index is 12.8. The van der Waals surface area contributed by atoms with Gasteiger partial charge in [0.2, 0.25) is 11.8 Å². The summed E-state index contributed by atoms with van der Waals surface area (Å²) in [4.78, 5) is 28.7. The molecule has 1 unspecified atom stereocenters. The molecule has 0 spiro atoms. The van der Waals surface area contributed by atoms with Gasteiger partial charge in [-0.3, -0.25) is 9.59 Å². The lowest BCUT2D eigenvalue weighted by atomic mass is 10.0. The minimum Gasteiger partial charge on any atom is -0.490 e. The molecule has 0 N–H and O–H groups in total. The molecule has 2 amide bonds. The third-order valence-corrected chi connectivity index (χ3v) is 5.23. The first-order valence-corrected chi connectivity index (χ1v) is 9.72. The normalized spacial score (nSPS) is 21.5. The van der Waals surface area contributed by atoms with Crippen molar-refractivity contribution in [1.29, 1.82) is 0 Å². The Morgan fingerprint density at radius 2 is 1.85 bits per heavy atom. The number of rotatable bonds is 5. The first-order chi connectivity index (χ1) is 12.4. The summed E-state index contributed by atoms with van der Waals surface area (Å²) >= 11 is 0. The predicted octanol–water partition coefficient (Wildman–Crippen LogP) is 2.87. The van der Waals surface area contributed by atoms with Gasteiger partial charge in [-0.1, -0.05) is 31.5 Å². The number of carbonyl (C=O) groups excluding carboxylic acids is 2. The van der Waals surface area contributed by atoms with Gasteiger partial charge in [-0.05, 0) is 25.0 Å². The van der Waals surface area contributed by atoms with E-state index in [0.717, 1.165) is 25.1 Å². The van der Waals surface area contributed by atoms with Gasteiger partial charge in [-0.25, -0.2) is 0 Å². The van der Waals surface area contributed by atoms with Crippen molar-refractivity contribution < 1.29 is 14.3 Å². The maximum Gasteiger partial charge on any atom is 0.227 e. The van der Waals surface area contributed by atoms with Crippen LogP contribution in [0.15, 0.2) is 24.3 Å². The zero-order chi connectivity index (χ0) is 18.7. The van der Waals surface area contributed by atoms with Crippen molar-refractivity contribution in [2.75, 3.05) is 26.2 Å². The average Bonchev–Trinajstić information content (AvgIpc) is 2.97. The Bertz CT molecular complexity index is 633. The zero-order valence-corrected chi connectivity index (χ0v) is 16.1. The SMILES string of the molecule is Cc1ccc(OC2CCN(C(=O)C3CC(=O)N(CC(C)C)C3)CC2)cc1. The molecule has 2 aliphatic rings. The number of benzene rings is 1. The van der Waals surface area contributed by atoms with Gasteiger partial charge in [0, 0.05) is 45.4 Å². The maximum absolute atomic E-state index is 12.8. The Balaban J connectivity index is 1.48. The number of aryl methyl sites for hydroxylation is 1. The molecule has 2 fully saturated rings. The average molecular weight is 358 g/mol. The molecule has 0 saturated carbocycles. The Hall–Kier alpha value is -2.04. The Labute approximate surface area is 156 Å². The van der Waals surface area contributed by atoms with Crippen LogP contribution in [-0.4, -0.2) is 53.9 Å². The van der Waals surface area contributed by atoms with E-state index in [1.165, 1.54) is 5.56 Å². The molecule has 2 heterocycles. The predicted molar refractivity (Wildman–Crippen MR) is 101 cm³/mol. The Morgan fingerprint density at radius 3 is 2.46 bits per heavy atom. The fraction of sp³-hybridized carbons (Fsp3) is 0.619. The van der Waals surface area contributed by atoms with Crippen molar-refractivity contribution in [3.8, 4) is 5.75 Å². The molecule has 26 heavy (non-hydrogen) atoms. The molecule has 0 aliphatic carbocycles. The van der Waals surface area contributed by atoms with Crippen LogP contribution >= 0.6 is 0 Å². The van der Waals surface area contributed by atoms with Crippen molar-refractivity contribution in [3.05, 3.63) is 29.8 Å². The molecule has 142 valence electrons. The van der Waals surface area contributed by atoms with Gasteiger partial charge < -0.3 is 14.5 Å². The molecule has 0 bridgehead atoms. The van der Waals surface area contributed by atoms with Gasteiger partial charge >= 0.3 is 0 Å². The summed E-state index contributed by atoms with van der Waals surface area (Å²) in [6, 6.07) is 8.10. The Morgan fingerprint density at radius 1 is 1.19 bits per heavy atom. The molecule has 0 aromatic heterocycles. The monoisotopic (exact) mass is 358 g/mol. The van der Waals surface area contributed by atoms with Crippen LogP contribution in [0, 0.1) is 18.8 Å². The number of piperidine rings is 1. The number of likely N-dealkylation sites (tertiary alicyclic amines) is 2. The quantitative estimate of drug-likeness (QED) is 0.813. The number of nitrogens with zero attached hydrogens (tertiary/aromatic N) is 2. The highest BCUT2D eigenvalue weighted by atomic mass is 16.5. The van der Waals surface area contributed by atoms with E-state index in [4.69, 9.17) is 4.74 Å². The van der Waals surface area contributed by atoms with Crippen LogP contribution in [0.2, 0.25) is 0 Å². The minimum absolute atomic E-state index is 0.120. The third-order valence-electron chi connectivity index (χ3n) is 5.23. The van der Waals surface area contributed by atoms with Crippen molar-refractivity contribution in [2.24, 2.45) is 11.8 Å². The molecule has 0 radical (unpaired) electrons. The van der Waals surface area contributed by atoms with Crippen LogP contribution in [0.4, 0.5) is 0 Å². The standard InChI is InChI=1S/C21H30N2O3/c1-15(2)13-23-14-17(12-20(23)24)21(25)22-10-8-19(9-11-22)26-18-6-4-16(3)5-7-18/h4-7,15,17,19H,8-14H2,1-3H3. The minimum atomic E-state index is -0.171. The molecule has 5 nitrogen and oxygen atoms in total. The fourth-order valence-electron chi connectivity index (χ4n) is 3.82. The molecular formula is C21H30N2O3. The summed E-state index contributed by atoms with van der Waals surface area (Å²) in [5, 5.41) is 0. The highest BCUT2D eigenvalue weighted by molar-refractivity contribution is 5.89. The second-order valence-corrected chi connectivity index (χ2v) is 8.05. The van der Waals surface area contributed by atoms with Crippen LogP contribution in [0.3, 0.4) is 0 Å². The first kappa shape index (κ1) is 18.7. The molecule has 2 aliphatic heterocycles. The first-order valence-electron chi connectivity index (χ1n) is 9.72.